The monoisotopic (exact) mass is 348 g/mol. The molecule has 2 aliphatic carbocycles. The summed E-state index contributed by atoms with van der Waals surface area (Å²) in [7, 11) is 0. The van der Waals surface area contributed by atoms with Crippen LogP contribution in [0.4, 0.5) is 0 Å². The van der Waals surface area contributed by atoms with Crippen LogP contribution in [0.25, 0.3) is 5.52 Å². The molecule has 1 aliphatic heterocycles. The minimum Gasteiger partial charge on any atom is -0.298 e. The van der Waals surface area contributed by atoms with Crippen LogP contribution in [0.1, 0.15) is 54.7 Å². The lowest BCUT2D eigenvalue weighted by Crippen LogP contribution is -2.20. The van der Waals surface area contributed by atoms with Crippen molar-refractivity contribution in [2.75, 3.05) is 13.1 Å². The standard InChI is InChI=1S/C20H24N6/c1-2-8-26-18(3-1)15(9-21-26)10-25-11-16(13-4-5-13)17(12-25)20-22-19(23-24-20)14-6-7-14/h1-3,8-9,13-14,16-17H,4-7,10-12H2,(H,22,23,24)/t16-,17+/m1/s1. The number of hydrogen-bond acceptors (Lipinski definition) is 4. The second kappa shape index (κ2) is 5.64. The molecule has 2 saturated carbocycles. The predicted octanol–water partition coefficient (Wildman–Crippen LogP) is 2.96. The van der Waals surface area contributed by atoms with Crippen LogP contribution in [-0.4, -0.2) is 42.8 Å². The van der Waals surface area contributed by atoms with Gasteiger partial charge in [0.1, 0.15) is 5.82 Å². The maximum Gasteiger partial charge on any atom is 0.153 e. The zero-order valence-corrected chi connectivity index (χ0v) is 14.9. The van der Waals surface area contributed by atoms with Gasteiger partial charge in [0.05, 0.1) is 11.7 Å². The Kier molecular flexibility index (Phi) is 3.24. The van der Waals surface area contributed by atoms with Crippen molar-refractivity contribution in [2.24, 2.45) is 11.8 Å². The van der Waals surface area contributed by atoms with Crippen LogP contribution in [-0.2, 0) is 6.54 Å². The van der Waals surface area contributed by atoms with Crippen molar-refractivity contribution in [3.8, 4) is 0 Å². The third-order valence-corrected chi connectivity index (χ3v) is 6.38. The highest BCUT2D eigenvalue weighted by Gasteiger charge is 2.44. The first-order valence-corrected chi connectivity index (χ1v) is 9.91. The Morgan fingerprint density at radius 3 is 2.88 bits per heavy atom. The van der Waals surface area contributed by atoms with Crippen molar-refractivity contribution in [2.45, 2.75) is 44.1 Å². The second-order valence-electron chi connectivity index (χ2n) is 8.36. The van der Waals surface area contributed by atoms with E-state index in [0.717, 1.165) is 36.6 Å². The Morgan fingerprint density at radius 2 is 2.04 bits per heavy atom. The summed E-state index contributed by atoms with van der Waals surface area (Å²) < 4.78 is 1.97. The van der Waals surface area contributed by atoms with E-state index in [0.29, 0.717) is 11.8 Å². The fourth-order valence-electron chi connectivity index (χ4n) is 4.66. The molecule has 0 aromatic carbocycles. The van der Waals surface area contributed by atoms with Crippen molar-refractivity contribution in [1.29, 1.82) is 0 Å². The highest BCUT2D eigenvalue weighted by atomic mass is 15.3. The number of rotatable bonds is 5. The molecule has 0 radical (unpaired) electrons. The van der Waals surface area contributed by atoms with E-state index < -0.39 is 0 Å². The largest absolute Gasteiger partial charge is 0.298 e. The Bertz CT molecular complexity index is 935. The average Bonchev–Trinajstić information content (AvgIpc) is 3.57. The van der Waals surface area contributed by atoms with Gasteiger partial charge >= 0.3 is 0 Å². The number of nitrogens with zero attached hydrogens (tertiary/aromatic N) is 5. The molecule has 3 aliphatic rings. The van der Waals surface area contributed by atoms with Crippen LogP contribution in [0.3, 0.4) is 0 Å². The van der Waals surface area contributed by atoms with E-state index in [9.17, 15) is 0 Å². The molecule has 0 spiro atoms. The van der Waals surface area contributed by atoms with E-state index in [1.165, 1.54) is 43.3 Å². The number of hydrogen-bond donors (Lipinski definition) is 1. The summed E-state index contributed by atoms with van der Waals surface area (Å²) in [6.45, 7) is 3.21. The van der Waals surface area contributed by atoms with Gasteiger partial charge in [0.25, 0.3) is 0 Å². The number of nitrogens with one attached hydrogen (secondary N) is 1. The zero-order valence-electron chi connectivity index (χ0n) is 14.9. The molecule has 0 bridgehead atoms. The average molecular weight is 348 g/mol. The smallest absolute Gasteiger partial charge is 0.153 e. The highest BCUT2D eigenvalue weighted by molar-refractivity contribution is 5.53. The van der Waals surface area contributed by atoms with E-state index in [-0.39, 0.29) is 0 Å². The van der Waals surface area contributed by atoms with Gasteiger partial charge < -0.3 is 0 Å². The van der Waals surface area contributed by atoms with Gasteiger partial charge in [-0.25, -0.2) is 9.50 Å². The third-order valence-electron chi connectivity index (χ3n) is 6.38. The van der Waals surface area contributed by atoms with Gasteiger partial charge in [0.2, 0.25) is 0 Å². The second-order valence-corrected chi connectivity index (χ2v) is 8.36. The topological polar surface area (TPSA) is 62.1 Å². The molecule has 6 heteroatoms. The van der Waals surface area contributed by atoms with E-state index in [4.69, 9.17) is 4.98 Å². The van der Waals surface area contributed by atoms with Gasteiger partial charge in [-0.2, -0.15) is 10.2 Å². The lowest BCUT2D eigenvalue weighted by atomic mass is 9.91. The molecule has 6 nitrogen and oxygen atoms in total. The van der Waals surface area contributed by atoms with Crippen molar-refractivity contribution in [3.63, 3.8) is 0 Å². The van der Waals surface area contributed by atoms with Gasteiger partial charge in [-0.05, 0) is 49.7 Å². The lowest BCUT2D eigenvalue weighted by molar-refractivity contribution is 0.311. The molecule has 134 valence electrons. The molecular weight excluding hydrogens is 324 g/mol. The van der Waals surface area contributed by atoms with Crippen LogP contribution in [0.2, 0.25) is 0 Å². The maximum absolute atomic E-state index is 4.89. The molecule has 0 unspecified atom stereocenters. The van der Waals surface area contributed by atoms with Crippen molar-refractivity contribution in [3.05, 3.63) is 47.8 Å². The van der Waals surface area contributed by atoms with Crippen LogP contribution in [0.5, 0.6) is 0 Å². The quantitative estimate of drug-likeness (QED) is 0.770. The van der Waals surface area contributed by atoms with Crippen molar-refractivity contribution < 1.29 is 0 Å². The van der Waals surface area contributed by atoms with E-state index in [2.05, 4.69) is 32.3 Å². The van der Waals surface area contributed by atoms with Gasteiger partial charge in [0, 0.05) is 43.2 Å². The Labute approximate surface area is 152 Å². The maximum atomic E-state index is 4.89. The first-order valence-electron chi connectivity index (χ1n) is 9.91. The summed E-state index contributed by atoms with van der Waals surface area (Å²) in [5.74, 6) is 4.90. The van der Waals surface area contributed by atoms with E-state index in [1.807, 2.05) is 23.0 Å². The summed E-state index contributed by atoms with van der Waals surface area (Å²) in [6.07, 6.45) is 9.33. The number of H-pyrrole nitrogens is 1. The molecule has 0 amide bonds. The fourth-order valence-corrected chi connectivity index (χ4v) is 4.66. The lowest BCUT2D eigenvalue weighted by Gasteiger charge is -2.15. The molecule has 2 atom stereocenters. The number of pyridine rings is 1. The Balaban J connectivity index is 1.25. The first-order chi connectivity index (χ1) is 12.8. The molecule has 3 aromatic heterocycles. The molecule has 4 heterocycles. The normalized spacial score (nSPS) is 26.8. The number of fused-ring (bicyclic) bond motifs is 1. The SMILES string of the molecule is c1ccn2ncc(CN3C[C@H](c4nc(C5CC5)n[nH]4)[C@@H](C4CC4)C3)c2c1. The van der Waals surface area contributed by atoms with Gasteiger partial charge in [-0.3, -0.25) is 10.00 Å². The molecule has 6 rings (SSSR count). The third kappa shape index (κ3) is 2.55. The van der Waals surface area contributed by atoms with Crippen LogP contribution < -0.4 is 0 Å². The van der Waals surface area contributed by atoms with E-state index in [1.54, 1.807) is 0 Å². The molecule has 1 saturated heterocycles. The summed E-state index contributed by atoms with van der Waals surface area (Å²) in [5.41, 5.74) is 2.53. The summed E-state index contributed by atoms with van der Waals surface area (Å²) in [5, 5.41) is 12.3. The number of aromatic nitrogens is 5. The predicted molar refractivity (Wildman–Crippen MR) is 97.8 cm³/mol. The molecular formula is C20H24N6. The minimum absolute atomic E-state index is 0.504. The van der Waals surface area contributed by atoms with Crippen LogP contribution in [0.15, 0.2) is 30.6 Å². The highest BCUT2D eigenvalue weighted by Crippen LogP contribution is 2.47. The van der Waals surface area contributed by atoms with E-state index >= 15 is 0 Å². The molecule has 26 heavy (non-hydrogen) atoms. The zero-order chi connectivity index (χ0) is 17.1. The first kappa shape index (κ1) is 14.9. The molecule has 3 fully saturated rings. The summed E-state index contributed by atoms with van der Waals surface area (Å²) in [6, 6.07) is 6.28. The Hall–Kier alpha value is -2.21. The van der Waals surface area contributed by atoms with Crippen LogP contribution >= 0.6 is 0 Å². The van der Waals surface area contributed by atoms with Gasteiger partial charge in [0.15, 0.2) is 5.82 Å². The number of aromatic amines is 1. The number of likely N-dealkylation sites (tertiary alicyclic amines) is 1. The van der Waals surface area contributed by atoms with Crippen LogP contribution in [0, 0.1) is 11.8 Å². The van der Waals surface area contributed by atoms with Crippen molar-refractivity contribution >= 4 is 5.52 Å². The minimum atomic E-state index is 0.504. The summed E-state index contributed by atoms with van der Waals surface area (Å²) in [4.78, 5) is 7.48. The molecule has 3 aromatic rings. The van der Waals surface area contributed by atoms with Crippen molar-refractivity contribution in [1.82, 2.24) is 29.7 Å². The summed E-state index contributed by atoms with van der Waals surface area (Å²) >= 11 is 0. The Morgan fingerprint density at radius 1 is 1.12 bits per heavy atom. The van der Waals surface area contributed by atoms with Gasteiger partial charge in [-0.1, -0.05) is 6.07 Å². The van der Waals surface area contributed by atoms with Gasteiger partial charge in [-0.15, -0.1) is 0 Å². The molecule has 1 N–H and O–H groups in total. The fraction of sp³-hybridized carbons (Fsp3) is 0.550.